The van der Waals surface area contributed by atoms with E-state index in [0.29, 0.717) is 6.54 Å². The van der Waals surface area contributed by atoms with Crippen LogP contribution in [0.25, 0.3) is 0 Å². The number of aromatic nitrogens is 2. The fraction of sp³-hybridized carbons (Fsp3) is 0.556. The Kier molecular flexibility index (Phi) is 10.2. The third kappa shape index (κ3) is 6.22. The highest BCUT2D eigenvalue weighted by atomic mass is 127. The van der Waals surface area contributed by atoms with E-state index in [1.54, 1.807) is 18.1 Å². The Hall–Kier alpha value is -1.71. The predicted molar refractivity (Wildman–Crippen MR) is 114 cm³/mol. The van der Waals surface area contributed by atoms with Crippen LogP contribution in [0.1, 0.15) is 37.3 Å². The fourth-order valence-corrected chi connectivity index (χ4v) is 2.64. The summed E-state index contributed by atoms with van der Waals surface area (Å²) < 4.78 is 12.6. The van der Waals surface area contributed by atoms with Crippen LogP contribution in [0.15, 0.2) is 27.8 Å². The third-order valence-electron chi connectivity index (χ3n) is 3.88. The molecule has 2 heterocycles. The third-order valence-corrected chi connectivity index (χ3v) is 3.88. The molecular weight excluding hydrogens is 445 g/mol. The largest absolute Gasteiger partial charge is 0.481 e. The van der Waals surface area contributed by atoms with Gasteiger partial charge < -0.3 is 19.8 Å². The fourth-order valence-electron chi connectivity index (χ4n) is 2.64. The van der Waals surface area contributed by atoms with Gasteiger partial charge in [-0.25, -0.2) is 9.67 Å². The lowest BCUT2D eigenvalue weighted by molar-refractivity contribution is 0.369. The molecule has 0 unspecified atom stereocenters. The molecule has 146 valence electrons. The van der Waals surface area contributed by atoms with E-state index in [2.05, 4.69) is 29.6 Å². The zero-order valence-electron chi connectivity index (χ0n) is 16.0. The first-order chi connectivity index (χ1) is 12.2. The molecule has 2 N–H and O–H groups in total. The van der Waals surface area contributed by atoms with Crippen molar-refractivity contribution in [1.29, 1.82) is 0 Å². The van der Waals surface area contributed by atoms with Crippen molar-refractivity contribution in [2.45, 2.75) is 39.7 Å². The molecule has 0 spiro atoms. The summed E-state index contributed by atoms with van der Waals surface area (Å²) in [5.41, 5.74) is 2.06. The number of ether oxygens (including phenoxy) is 1. The maximum Gasteiger partial charge on any atom is 0.216 e. The van der Waals surface area contributed by atoms with Gasteiger partial charge in [-0.2, -0.15) is 5.10 Å². The van der Waals surface area contributed by atoms with Crippen LogP contribution in [-0.2, 0) is 26.4 Å². The van der Waals surface area contributed by atoms with Crippen molar-refractivity contribution in [3.05, 3.63) is 35.4 Å². The van der Waals surface area contributed by atoms with Crippen LogP contribution >= 0.6 is 24.0 Å². The molecule has 8 heteroatoms. The SMILES string of the molecule is CCCNC(=NCc1c(CC)nn(C)c1OC)NCCc1ccco1.I. The van der Waals surface area contributed by atoms with Gasteiger partial charge in [0.25, 0.3) is 0 Å². The van der Waals surface area contributed by atoms with Crippen LogP contribution in [0.3, 0.4) is 0 Å². The van der Waals surface area contributed by atoms with Crippen LogP contribution in [0.2, 0.25) is 0 Å². The molecule has 0 saturated heterocycles. The molecule has 7 nitrogen and oxygen atoms in total. The smallest absolute Gasteiger partial charge is 0.216 e. The van der Waals surface area contributed by atoms with Gasteiger partial charge in [0.2, 0.25) is 5.88 Å². The van der Waals surface area contributed by atoms with Gasteiger partial charge in [0.1, 0.15) is 5.76 Å². The number of nitrogens with one attached hydrogen (secondary N) is 2. The molecule has 26 heavy (non-hydrogen) atoms. The number of aliphatic imine (C=N–C) groups is 1. The average Bonchev–Trinajstić information content (AvgIpc) is 3.23. The van der Waals surface area contributed by atoms with Crippen LogP contribution < -0.4 is 15.4 Å². The Morgan fingerprint density at radius 1 is 1.31 bits per heavy atom. The van der Waals surface area contributed by atoms with Crippen LogP contribution in [0.5, 0.6) is 5.88 Å². The van der Waals surface area contributed by atoms with Crippen molar-refractivity contribution >= 4 is 29.9 Å². The summed E-state index contributed by atoms with van der Waals surface area (Å²) in [4.78, 5) is 4.71. The lowest BCUT2D eigenvalue weighted by atomic mass is 10.2. The number of methoxy groups -OCH3 is 1. The maximum absolute atomic E-state index is 5.48. The molecule has 2 rings (SSSR count). The zero-order chi connectivity index (χ0) is 18.1. The molecule has 0 saturated carbocycles. The number of aryl methyl sites for hydroxylation is 2. The minimum Gasteiger partial charge on any atom is -0.481 e. The summed E-state index contributed by atoms with van der Waals surface area (Å²) in [7, 11) is 3.56. The highest BCUT2D eigenvalue weighted by Crippen LogP contribution is 2.22. The molecule has 0 fully saturated rings. The van der Waals surface area contributed by atoms with Crippen molar-refractivity contribution in [2.24, 2.45) is 12.0 Å². The molecule has 0 aromatic carbocycles. The normalized spacial score (nSPS) is 11.2. The summed E-state index contributed by atoms with van der Waals surface area (Å²) in [5.74, 6) is 2.52. The molecule has 2 aromatic rings. The molecule has 0 aliphatic heterocycles. The summed E-state index contributed by atoms with van der Waals surface area (Å²) in [6.45, 7) is 6.38. The first-order valence-electron chi connectivity index (χ1n) is 8.82. The number of halogens is 1. The summed E-state index contributed by atoms with van der Waals surface area (Å²) in [5, 5.41) is 11.2. The number of rotatable bonds is 9. The molecule has 0 aliphatic rings. The van der Waals surface area contributed by atoms with E-state index in [4.69, 9.17) is 14.1 Å². The molecule has 0 bridgehead atoms. The van der Waals surface area contributed by atoms with Crippen LogP contribution in [0.4, 0.5) is 0 Å². The molecule has 2 aromatic heterocycles. The first kappa shape index (κ1) is 22.3. The van der Waals surface area contributed by atoms with E-state index in [1.165, 1.54) is 0 Å². The predicted octanol–water partition coefficient (Wildman–Crippen LogP) is 2.89. The van der Waals surface area contributed by atoms with E-state index < -0.39 is 0 Å². The van der Waals surface area contributed by atoms with Crippen molar-refractivity contribution in [3.8, 4) is 5.88 Å². The second kappa shape index (κ2) is 11.8. The van der Waals surface area contributed by atoms with E-state index in [9.17, 15) is 0 Å². The monoisotopic (exact) mass is 475 g/mol. The highest BCUT2D eigenvalue weighted by molar-refractivity contribution is 14.0. The van der Waals surface area contributed by atoms with E-state index in [1.807, 2.05) is 19.2 Å². The molecule has 0 atom stereocenters. The van der Waals surface area contributed by atoms with Crippen molar-refractivity contribution in [3.63, 3.8) is 0 Å². The lowest BCUT2D eigenvalue weighted by Gasteiger charge is -2.12. The Bertz CT molecular complexity index is 667. The van der Waals surface area contributed by atoms with Crippen LogP contribution in [0, 0.1) is 0 Å². The second-order valence-electron chi connectivity index (χ2n) is 5.76. The molecule has 0 aliphatic carbocycles. The van der Waals surface area contributed by atoms with Crippen molar-refractivity contribution in [1.82, 2.24) is 20.4 Å². The topological polar surface area (TPSA) is 76.6 Å². The van der Waals surface area contributed by atoms with Gasteiger partial charge in [-0.15, -0.1) is 24.0 Å². The zero-order valence-corrected chi connectivity index (χ0v) is 18.4. The average molecular weight is 475 g/mol. The number of nitrogens with zero attached hydrogens (tertiary/aromatic N) is 3. The van der Waals surface area contributed by atoms with Gasteiger partial charge in [-0.1, -0.05) is 13.8 Å². The van der Waals surface area contributed by atoms with Crippen LogP contribution in [-0.4, -0.2) is 35.9 Å². The van der Waals surface area contributed by atoms with Gasteiger partial charge in [0.05, 0.1) is 31.2 Å². The van der Waals surface area contributed by atoms with Crippen molar-refractivity contribution in [2.75, 3.05) is 20.2 Å². The highest BCUT2D eigenvalue weighted by Gasteiger charge is 2.15. The Labute approximate surface area is 172 Å². The minimum atomic E-state index is 0. The maximum atomic E-state index is 5.48. The Morgan fingerprint density at radius 3 is 2.69 bits per heavy atom. The summed E-state index contributed by atoms with van der Waals surface area (Å²) >= 11 is 0. The quantitative estimate of drug-likeness (QED) is 0.332. The van der Waals surface area contributed by atoms with Gasteiger partial charge >= 0.3 is 0 Å². The number of furan rings is 1. The second-order valence-corrected chi connectivity index (χ2v) is 5.76. The lowest BCUT2D eigenvalue weighted by Crippen LogP contribution is -2.38. The standard InChI is InChI=1S/C18H29N5O2.HI/c1-5-10-19-18(20-11-9-14-8-7-12-25-14)21-13-15-16(6-2)22-23(3)17(15)24-4;/h7-8,12H,5-6,9-11,13H2,1-4H3,(H2,19,20,21);1H. The molecular formula is C18H30IN5O2. The van der Waals surface area contributed by atoms with E-state index >= 15 is 0 Å². The summed E-state index contributed by atoms with van der Waals surface area (Å²) in [6, 6.07) is 3.88. The van der Waals surface area contributed by atoms with Gasteiger partial charge in [0.15, 0.2) is 5.96 Å². The Morgan fingerprint density at radius 2 is 2.08 bits per heavy atom. The minimum absolute atomic E-state index is 0. The van der Waals surface area contributed by atoms with E-state index in [0.717, 1.165) is 61.2 Å². The van der Waals surface area contributed by atoms with E-state index in [-0.39, 0.29) is 24.0 Å². The van der Waals surface area contributed by atoms with Gasteiger partial charge in [-0.05, 0) is 25.0 Å². The van der Waals surface area contributed by atoms with Crippen molar-refractivity contribution < 1.29 is 9.15 Å². The molecule has 0 radical (unpaired) electrons. The number of guanidine groups is 1. The Balaban J connectivity index is 0.00000338. The van der Waals surface area contributed by atoms with Gasteiger partial charge in [-0.3, -0.25) is 0 Å². The first-order valence-corrected chi connectivity index (χ1v) is 8.82. The number of hydrogen-bond donors (Lipinski definition) is 2. The van der Waals surface area contributed by atoms with Gasteiger partial charge in [0, 0.05) is 26.6 Å². The summed E-state index contributed by atoms with van der Waals surface area (Å²) in [6.07, 6.45) is 4.40. The number of hydrogen-bond acceptors (Lipinski definition) is 4. The molecule has 0 amide bonds.